The van der Waals surface area contributed by atoms with E-state index in [0.717, 1.165) is 17.7 Å². The van der Waals surface area contributed by atoms with Gasteiger partial charge in [-0.3, -0.25) is 4.79 Å². The Labute approximate surface area is 141 Å². The smallest absolute Gasteiger partial charge is 0.349 e. The topological polar surface area (TPSA) is 70.4 Å². The second-order valence-electron chi connectivity index (χ2n) is 6.88. The van der Waals surface area contributed by atoms with E-state index < -0.39 is 5.97 Å². The largest absolute Gasteiger partial charge is 0.462 e. The molecule has 1 atom stereocenters. The summed E-state index contributed by atoms with van der Waals surface area (Å²) in [5, 5.41) is 9.47. The molecule has 1 unspecified atom stereocenters. The molecule has 0 aliphatic carbocycles. The highest BCUT2D eigenvalue weighted by Crippen LogP contribution is 2.52. The van der Waals surface area contributed by atoms with Crippen molar-refractivity contribution in [2.24, 2.45) is 0 Å². The lowest BCUT2D eigenvalue weighted by molar-refractivity contribution is -0.138. The summed E-state index contributed by atoms with van der Waals surface area (Å²) in [5.74, 6) is -0.739. The zero-order chi connectivity index (χ0) is 17.6. The number of hydrogen-bond donors (Lipinski definition) is 0. The van der Waals surface area contributed by atoms with Gasteiger partial charge in [0, 0.05) is 11.1 Å². The molecule has 5 heteroatoms. The quantitative estimate of drug-likeness (QED) is 0.476. The SMILES string of the molecule is CCOC(=O)/C(C#N)=C1/C(=O)N2c3c1cccc3C(C)CC2(C)C. The molecule has 2 heterocycles. The lowest BCUT2D eigenvalue weighted by Gasteiger charge is -2.43. The molecule has 1 amide bonds. The van der Waals surface area contributed by atoms with Crippen molar-refractivity contribution in [3.8, 4) is 6.07 Å². The molecule has 1 aromatic carbocycles. The van der Waals surface area contributed by atoms with Crippen LogP contribution in [-0.2, 0) is 14.3 Å². The van der Waals surface area contributed by atoms with E-state index in [9.17, 15) is 14.9 Å². The molecule has 0 N–H and O–H groups in total. The van der Waals surface area contributed by atoms with Crippen LogP contribution < -0.4 is 4.90 Å². The van der Waals surface area contributed by atoms with Crippen LogP contribution in [0.5, 0.6) is 0 Å². The second-order valence-corrected chi connectivity index (χ2v) is 6.88. The van der Waals surface area contributed by atoms with Crippen LogP contribution in [0.1, 0.15) is 51.2 Å². The average Bonchev–Trinajstić information content (AvgIpc) is 2.80. The Balaban J connectivity index is 2.31. The van der Waals surface area contributed by atoms with E-state index in [0.29, 0.717) is 11.5 Å². The lowest BCUT2D eigenvalue weighted by atomic mass is 9.80. The van der Waals surface area contributed by atoms with Crippen molar-refractivity contribution < 1.29 is 14.3 Å². The summed E-state index contributed by atoms with van der Waals surface area (Å²) in [6, 6.07) is 7.57. The van der Waals surface area contributed by atoms with Gasteiger partial charge < -0.3 is 9.64 Å². The first-order valence-electron chi connectivity index (χ1n) is 8.12. The van der Waals surface area contributed by atoms with Gasteiger partial charge in [0.1, 0.15) is 6.07 Å². The zero-order valence-corrected chi connectivity index (χ0v) is 14.3. The lowest BCUT2D eigenvalue weighted by Crippen LogP contribution is -2.49. The van der Waals surface area contributed by atoms with Crippen molar-refractivity contribution in [2.45, 2.75) is 45.6 Å². The molecule has 24 heavy (non-hydrogen) atoms. The molecule has 2 aliphatic rings. The van der Waals surface area contributed by atoms with Gasteiger partial charge in [-0.1, -0.05) is 25.1 Å². The predicted molar refractivity (Wildman–Crippen MR) is 90.2 cm³/mol. The maximum atomic E-state index is 13.1. The van der Waals surface area contributed by atoms with E-state index in [1.807, 2.05) is 32.0 Å². The van der Waals surface area contributed by atoms with Crippen LogP contribution in [0.3, 0.4) is 0 Å². The summed E-state index contributed by atoms with van der Waals surface area (Å²) < 4.78 is 4.97. The molecule has 1 aromatic rings. The minimum absolute atomic E-state index is 0.157. The van der Waals surface area contributed by atoms with E-state index in [1.54, 1.807) is 17.9 Å². The summed E-state index contributed by atoms with van der Waals surface area (Å²) in [6.45, 7) is 7.99. The van der Waals surface area contributed by atoms with Crippen molar-refractivity contribution in [2.75, 3.05) is 11.5 Å². The molecule has 0 saturated carbocycles. The standard InChI is InChI=1S/C19H20N2O3/c1-5-24-18(23)14(10-20)15-13-8-6-7-12-11(2)9-19(3,4)21(16(12)13)17(15)22/h6-8,11H,5,9H2,1-4H3/b15-14+. The van der Waals surface area contributed by atoms with Crippen molar-refractivity contribution >= 4 is 23.1 Å². The first-order chi connectivity index (χ1) is 11.3. The number of nitrogens with zero attached hydrogens (tertiary/aromatic N) is 2. The van der Waals surface area contributed by atoms with Gasteiger partial charge in [0.2, 0.25) is 0 Å². The Morgan fingerprint density at radius 2 is 2.17 bits per heavy atom. The van der Waals surface area contributed by atoms with Crippen LogP contribution in [0.2, 0.25) is 0 Å². The third-order valence-electron chi connectivity index (χ3n) is 4.76. The first-order valence-corrected chi connectivity index (χ1v) is 8.12. The molecule has 5 nitrogen and oxygen atoms in total. The molecule has 3 rings (SSSR count). The molecular weight excluding hydrogens is 304 g/mol. The second kappa shape index (κ2) is 5.48. The van der Waals surface area contributed by atoms with Crippen molar-refractivity contribution in [1.82, 2.24) is 0 Å². The monoisotopic (exact) mass is 324 g/mol. The minimum atomic E-state index is -0.744. The van der Waals surface area contributed by atoms with Crippen LogP contribution >= 0.6 is 0 Å². The maximum absolute atomic E-state index is 13.1. The average molecular weight is 324 g/mol. The maximum Gasteiger partial charge on any atom is 0.349 e. The fourth-order valence-corrected chi connectivity index (χ4v) is 3.92. The van der Waals surface area contributed by atoms with Gasteiger partial charge in [0.15, 0.2) is 5.57 Å². The van der Waals surface area contributed by atoms with E-state index in [2.05, 4.69) is 6.92 Å². The molecule has 0 bridgehead atoms. The van der Waals surface area contributed by atoms with Gasteiger partial charge in [-0.15, -0.1) is 0 Å². The molecule has 0 saturated heterocycles. The Hall–Kier alpha value is -2.61. The highest BCUT2D eigenvalue weighted by atomic mass is 16.5. The van der Waals surface area contributed by atoms with E-state index in [1.165, 1.54) is 0 Å². The van der Waals surface area contributed by atoms with E-state index >= 15 is 0 Å². The number of carbonyl (C=O) groups excluding carboxylic acids is 2. The number of amides is 1. The summed E-state index contributed by atoms with van der Waals surface area (Å²) in [4.78, 5) is 27.0. The third kappa shape index (κ3) is 2.14. The molecule has 2 aliphatic heterocycles. The number of para-hydroxylation sites is 1. The highest BCUT2D eigenvalue weighted by molar-refractivity contribution is 6.37. The van der Waals surface area contributed by atoms with Gasteiger partial charge in [-0.05, 0) is 38.7 Å². The summed E-state index contributed by atoms with van der Waals surface area (Å²) in [5.41, 5.74) is 2.13. The number of benzene rings is 1. The van der Waals surface area contributed by atoms with Crippen LogP contribution in [0.25, 0.3) is 5.57 Å². The minimum Gasteiger partial charge on any atom is -0.462 e. The molecule has 0 radical (unpaired) electrons. The number of nitriles is 1. The summed E-state index contributed by atoms with van der Waals surface area (Å²) in [6.07, 6.45) is 0.823. The number of rotatable bonds is 2. The summed E-state index contributed by atoms with van der Waals surface area (Å²) >= 11 is 0. The number of ether oxygens (including phenoxy) is 1. The predicted octanol–water partition coefficient (Wildman–Crippen LogP) is 3.16. The number of carbonyl (C=O) groups is 2. The van der Waals surface area contributed by atoms with Crippen molar-refractivity contribution in [1.29, 1.82) is 5.26 Å². The molecular formula is C19H20N2O3. The normalized spacial score (nSPS) is 22.7. The van der Waals surface area contributed by atoms with Gasteiger partial charge in [-0.2, -0.15) is 5.26 Å². The molecule has 124 valence electrons. The van der Waals surface area contributed by atoms with Crippen LogP contribution in [0.15, 0.2) is 23.8 Å². The van der Waals surface area contributed by atoms with Crippen LogP contribution in [0, 0.1) is 11.3 Å². The molecule has 0 spiro atoms. The highest BCUT2D eigenvalue weighted by Gasteiger charge is 2.48. The number of anilines is 1. The Morgan fingerprint density at radius 1 is 1.46 bits per heavy atom. The fourth-order valence-electron chi connectivity index (χ4n) is 3.92. The first kappa shape index (κ1) is 16.3. The van der Waals surface area contributed by atoms with E-state index in [4.69, 9.17) is 4.74 Å². The van der Waals surface area contributed by atoms with Gasteiger partial charge in [-0.25, -0.2) is 4.79 Å². The zero-order valence-electron chi connectivity index (χ0n) is 14.3. The molecule has 0 aromatic heterocycles. The fraction of sp³-hybridized carbons (Fsp3) is 0.421. The Morgan fingerprint density at radius 3 is 2.79 bits per heavy atom. The third-order valence-corrected chi connectivity index (χ3v) is 4.76. The Bertz CT molecular complexity index is 814. The van der Waals surface area contributed by atoms with Crippen LogP contribution in [0.4, 0.5) is 5.69 Å². The van der Waals surface area contributed by atoms with E-state index in [-0.39, 0.29) is 29.2 Å². The van der Waals surface area contributed by atoms with Gasteiger partial charge in [0.25, 0.3) is 5.91 Å². The number of hydrogen-bond acceptors (Lipinski definition) is 4. The molecule has 0 fully saturated rings. The Kier molecular flexibility index (Phi) is 3.71. The van der Waals surface area contributed by atoms with Gasteiger partial charge >= 0.3 is 5.97 Å². The van der Waals surface area contributed by atoms with Crippen LogP contribution in [-0.4, -0.2) is 24.0 Å². The number of esters is 1. The van der Waals surface area contributed by atoms with Crippen molar-refractivity contribution in [3.05, 3.63) is 34.9 Å². The summed E-state index contributed by atoms with van der Waals surface area (Å²) in [7, 11) is 0. The van der Waals surface area contributed by atoms with Crippen molar-refractivity contribution in [3.63, 3.8) is 0 Å². The van der Waals surface area contributed by atoms with Gasteiger partial charge in [0.05, 0.1) is 17.9 Å².